The largest absolute Gasteiger partial charge is 0.319 e. The van der Waals surface area contributed by atoms with Crippen LogP contribution in [0.25, 0.3) is 10.8 Å². The second kappa shape index (κ2) is 4.85. The van der Waals surface area contributed by atoms with Crippen molar-refractivity contribution in [3.05, 3.63) is 58.8 Å². The normalized spacial score (nSPS) is 10.6. The summed E-state index contributed by atoms with van der Waals surface area (Å²) in [5, 5.41) is 11.2. The van der Waals surface area contributed by atoms with Gasteiger partial charge in [0.05, 0.1) is 11.9 Å². The Kier molecular flexibility index (Phi) is 3.05. The van der Waals surface area contributed by atoms with Gasteiger partial charge in [-0.25, -0.2) is 0 Å². The smallest absolute Gasteiger partial charge is 0.256 e. The number of nitrogens with one attached hydrogen (secondary N) is 2. The maximum atomic E-state index is 12.3. The summed E-state index contributed by atoms with van der Waals surface area (Å²) in [5.41, 5.74) is 1.28. The van der Waals surface area contributed by atoms with E-state index in [1.54, 1.807) is 12.4 Å². The molecule has 0 unspecified atom stereocenters. The number of nitrogens with zero attached hydrogens (tertiary/aromatic N) is 1. The van der Waals surface area contributed by atoms with Gasteiger partial charge in [-0.1, -0.05) is 40.2 Å². The summed E-state index contributed by atoms with van der Waals surface area (Å²) < 4.78 is 0.878. The lowest BCUT2D eigenvalue weighted by atomic mass is 10.0. The molecule has 0 radical (unpaired) electrons. The second-order valence-electron chi connectivity index (χ2n) is 4.12. The minimum Gasteiger partial charge on any atom is -0.319 e. The molecule has 1 amide bonds. The van der Waals surface area contributed by atoms with E-state index < -0.39 is 0 Å². The Bertz CT molecular complexity index is 738. The fourth-order valence-electron chi connectivity index (χ4n) is 1.98. The molecule has 5 heteroatoms. The van der Waals surface area contributed by atoms with Crippen molar-refractivity contribution in [3.63, 3.8) is 0 Å². The summed E-state index contributed by atoms with van der Waals surface area (Å²) in [6.07, 6.45) is 3.20. The second-order valence-corrected chi connectivity index (χ2v) is 5.03. The number of rotatable bonds is 2. The van der Waals surface area contributed by atoms with Crippen molar-refractivity contribution in [3.8, 4) is 0 Å². The lowest BCUT2D eigenvalue weighted by Crippen LogP contribution is -2.11. The van der Waals surface area contributed by atoms with E-state index >= 15 is 0 Å². The summed E-state index contributed by atoms with van der Waals surface area (Å²) in [6.45, 7) is 0. The number of fused-ring (bicyclic) bond motifs is 1. The van der Waals surface area contributed by atoms with Gasteiger partial charge in [0.1, 0.15) is 0 Å². The zero-order valence-electron chi connectivity index (χ0n) is 9.85. The van der Waals surface area contributed by atoms with Crippen LogP contribution in [0, 0.1) is 0 Å². The molecule has 0 aliphatic carbocycles. The summed E-state index contributed by atoms with van der Waals surface area (Å²) in [6, 6.07) is 11.6. The molecule has 0 bridgehead atoms. The molecule has 0 fully saturated rings. The van der Waals surface area contributed by atoms with Gasteiger partial charge in [-0.3, -0.25) is 9.89 Å². The van der Waals surface area contributed by atoms with Crippen LogP contribution in [-0.2, 0) is 0 Å². The first-order chi connectivity index (χ1) is 9.24. The third-order valence-electron chi connectivity index (χ3n) is 2.83. The highest BCUT2D eigenvalue weighted by Crippen LogP contribution is 2.25. The molecule has 2 N–H and O–H groups in total. The predicted molar refractivity (Wildman–Crippen MR) is 78.2 cm³/mol. The molecule has 3 aromatic rings. The fourth-order valence-corrected chi connectivity index (χ4v) is 2.46. The van der Waals surface area contributed by atoms with Crippen LogP contribution in [0.4, 0.5) is 5.69 Å². The number of halogens is 1. The van der Waals surface area contributed by atoms with E-state index in [0.717, 1.165) is 15.2 Å². The van der Waals surface area contributed by atoms with Crippen LogP contribution in [0.2, 0.25) is 0 Å². The topological polar surface area (TPSA) is 57.8 Å². The van der Waals surface area contributed by atoms with Gasteiger partial charge in [-0.15, -0.1) is 0 Å². The Labute approximate surface area is 118 Å². The van der Waals surface area contributed by atoms with Crippen molar-refractivity contribution in [1.29, 1.82) is 0 Å². The number of benzene rings is 2. The van der Waals surface area contributed by atoms with E-state index in [1.807, 2.05) is 36.4 Å². The van der Waals surface area contributed by atoms with Crippen molar-refractivity contribution in [2.75, 3.05) is 5.32 Å². The van der Waals surface area contributed by atoms with Gasteiger partial charge < -0.3 is 5.32 Å². The summed E-state index contributed by atoms with van der Waals surface area (Å²) >= 11 is 3.43. The Balaban J connectivity index is 2.06. The van der Waals surface area contributed by atoms with E-state index in [9.17, 15) is 4.79 Å². The third-order valence-corrected chi connectivity index (χ3v) is 3.29. The van der Waals surface area contributed by atoms with E-state index in [4.69, 9.17) is 0 Å². The molecule has 0 saturated heterocycles. The van der Waals surface area contributed by atoms with Crippen molar-refractivity contribution < 1.29 is 4.79 Å². The zero-order chi connectivity index (χ0) is 13.2. The first-order valence-corrected chi connectivity index (χ1v) is 6.52. The minimum atomic E-state index is -0.154. The third kappa shape index (κ3) is 2.37. The Morgan fingerprint density at radius 3 is 2.89 bits per heavy atom. The average Bonchev–Trinajstić information content (AvgIpc) is 2.90. The van der Waals surface area contributed by atoms with E-state index in [0.29, 0.717) is 11.3 Å². The lowest BCUT2D eigenvalue weighted by Gasteiger charge is -2.07. The standard InChI is InChI=1S/C14H10BrN3O/c15-10-5-9-3-1-2-4-12(9)13(6-10)14(19)18-11-7-16-17-8-11/h1-8H,(H,16,17)(H,18,19). The molecule has 1 aromatic heterocycles. The van der Waals surface area contributed by atoms with Crippen LogP contribution < -0.4 is 5.32 Å². The van der Waals surface area contributed by atoms with Crippen LogP contribution in [0.1, 0.15) is 10.4 Å². The molecule has 3 rings (SSSR count). The monoisotopic (exact) mass is 315 g/mol. The number of amides is 1. The van der Waals surface area contributed by atoms with Gasteiger partial charge in [-0.05, 0) is 22.9 Å². The zero-order valence-corrected chi connectivity index (χ0v) is 11.4. The van der Waals surface area contributed by atoms with Crippen molar-refractivity contribution >= 4 is 38.3 Å². The summed E-state index contributed by atoms with van der Waals surface area (Å²) in [5.74, 6) is -0.154. The Morgan fingerprint density at radius 2 is 2.11 bits per heavy atom. The number of anilines is 1. The van der Waals surface area contributed by atoms with Crippen molar-refractivity contribution in [2.45, 2.75) is 0 Å². The highest BCUT2D eigenvalue weighted by atomic mass is 79.9. The van der Waals surface area contributed by atoms with Gasteiger partial charge in [0.15, 0.2) is 0 Å². The van der Waals surface area contributed by atoms with Gasteiger partial charge in [0, 0.05) is 16.2 Å². The van der Waals surface area contributed by atoms with Crippen LogP contribution >= 0.6 is 15.9 Å². The van der Waals surface area contributed by atoms with E-state index in [1.165, 1.54) is 0 Å². The van der Waals surface area contributed by atoms with Crippen molar-refractivity contribution in [2.24, 2.45) is 0 Å². The number of aromatic nitrogens is 2. The highest BCUT2D eigenvalue weighted by molar-refractivity contribution is 9.10. The Hall–Kier alpha value is -2.14. The van der Waals surface area contributed by atoms with Crippen LogP contribution in [0.3, 0.4) is 0 Å². The quantitative estimate of drug-likeness (QED) is 0.759. The Morgan fingerprint density at radius 1 is 1.26 bits per heavy atom. The highest BCUT2D eigenvalue weighted by Gasteiger charge is 2.11. The van der Waals surface area contributed by atoms with Crippen LogP contribution in [0.15, 0.2) is 53.3 Å². The lowest BCUT2D eigenvalue weighted by molar-refractivity contribution is 0.102. The number of H-pyrrole nitrogens is 1. The fraction of sp³-hybridized carbons (Fsp3) is 0. The molecular formula is C14H10BrN3O. The molecule has 0 saturated carbocycles. The average molecular weight is 316 g/mol. The molecule has 19 heavy (non-hydrogen) atoms. The predicted octanol–water partition coefficient (Wildman–Crippen LogP) is 3.58. The van der Waals surface area contributed by atoms with E-state index in [-0.39, 0.29) is 5.91 Å². The molecule has 0 atom stereocenters. The number of hydrogen-bond acceptors (Lipinski definition) is 2. The van der Waals surface area contributed by atoms with Gasteiger partial charge >= 0.3 is 0 Å². The first-order valence-electron chi connectivity index (χ1n) is 5.72. The summed E-state index contributed by atoms with van der Waals surface area (Å²) in [7, 11) is 0. The maximum absolute atomic E-state index is 12.3. The molecule has 2 aromatic carbocycles. The molecule has 0 aliphatic heterocycles. The number of carbonyl (C=O) groups excluding carboxylic acids is 1. The number of carbonyl (C=O) groups is 1. The van der Waals surface area contributed by atoms with Crippen LogP contribution in [-0.4, -0.2) is 16.1 Å². The number of hydrogen-bond donors (Lipinski definition) is 2. The molecular weight excluding hydrogens is 306 g/mol. The molecule has 1 heterocycles. The SMILES string of the molecule is O=C(Nc1cn[nH]c1)c1cc(Br)cc2ccccc12. The van der Waals surface area contributed by atoms with Gasteiger partial charge in [0.2, 0.25) is 0 Å². The maximum Gasteiger partial charge on any atom is 0.256 e. The van der Waals surface area contributed by atoms with Crippen molar-refractivity contribution in [1.82, 2.24) is 10.2 Å². The summed E-state index contributed by atoms with van der Waals surface area (Å²) in [4.78, 5) is 12.3. The van der Waals surface area contributed by atoms with Crippen LogP contribution in [0.5, 0.6) is 0 Å². The van der Waals surface area contributed by atoms with E-state index in [2.05, 4.69) is 31.4 Å². The minimum absolute atomic E-state index is 0.154. The molecule has 0 spiro atoms. The molecule has 0 aliphatic rings. The van der Waals surface area contributed by atoms with Gasteiger partial charge in [-0.2, -0.15) is 5.10 Å². The number of aromatic amines is 1. The van der Waals surface area contributed by atoms with Gasteiger partial charge in [0.25, 0.3) is 5.91 Å². The first kappa shape index (κ1) is 11.9. The molecule has 4 nitrogen and oxygen atoms in total. The molecule has 94 valence electrons.